The van der Waals surface area contributed by atoms with Crippen molar-refractivity contribution >= 4 is 29.1 Å². The summed E-state index contributed by atoms with van der Waals surface area (Å²) >= 11 is 5.52. The molecule has 1 aromatic carbocycles. The van der Waals surface area contributed by atoms with Crippen LogP contribution in [0, 0.1) is 17.8 Å². The zero-order chi connectivity index (χ0) is 20.9. The molecule has 162 valence electrons. The number of hydrogen-bond acceptors (Lipinski definition) is 3. The Hall–Kier alpha value is -1.95. The number of fused-ring (bicyclic) bond motifs is 1. The van der Waals surface area contributed by atoms with Crippen LogP contribution < -0.4 is 10.6 Å². The predicted octanol–water partition coefficient (Wildman–Crippen LogP) is 3.43. The summed E-state index contributed by atoms with van der Waals surface area (Å²) < 4.78 is 0. The molecule has 30 heavy (non-hydrogen) atoms. The topological polar surface area (TPSA) is 61.4 Å². The van der Waals surface area contributed by atoms with Crippen molar-refractivity contribution in [3.05, 3.63) is 35.9 Å². The lowest BCUT2D eigenvalue weighted by Crippen LogP contribution is -2.61. The molecule has 4 rings (SSSR count). The summed E-state index contributed by atoms with van der Waals surface area (Å²) in [5.41, 5.74) is 1.25. The molecule has 0 aromatic heterocycles. The van der Waals surface area contributed by atoms with Gasteiger partial charge in [0.15, 0.2) is 5.11 Å². The lowest BCUT2D eigenvalue weighted by molar-refractivity contribution is -0.136. The van der Waals surface area contributed by atoms with Gasteiger partial charge in [-0.15, -0.1) is 0 Å². The predicted molar refractivity (Wildman–Crippen MR) is 122 cm³/mol. The second kappa shape index (κ2) is 9.90. The molecule has 0 spiro atoms. The van der Waals surface area contributed by atoms with E-state index in [-0.39, 0.29) is 29.7 Å². The highest BCUT2D eigenvalue weighted by Gasteiger charge is 2.41. The SMILES string of the molecule is O=C(NCCc1ccccc1)C1CCC(CN2C(=O)C3CCCCC3NC2=S)CC1. The number of benzene rings is 1. The fourth-order valence-electron chi connectivity index (χ4n) is 5.29. The standard InChI is InChI=1S/C24H33N3O2S/c28-22(25-15-14-17-6-2-1-3-7-17)19-12-10-18(11-13-19)16-27-23(29)20-8-4-5-9-21(20)26-24(27)30/h1-3,6-7,18-21H,4-5,8-16H2,(H,25,28)(H,26,30). The number of carbonyl (C=O) groups is 2. The number of nitrogens with zero attached hydrogens (tertiary/aromatic N) is 1. The molecule has 6 heteroatoms. The first kappa shape index (κ1) is 21.3. The number of rotatable bonds is 6. The van der Waals surface area contributed by atoms with Gasteiger partial charge in [-0.25, -0.2) is 0 Å². The van der Waals surface area contributed by atoms with Gasteiger partial charge in [0.05, 0.1) is 5.92 Å². The zero-order valence-corrected chi connectivity index (χ0v) is 18.5. The Bertz CT molecular complexity index is 761. The van der Waals surface area contributed by atoms with Crippen molar-refractivity contribution in [2.75, 3.05) is 13.1 Å². The maximum absolute atomic E-state index is 13.0. The average Bonchev–Trinajstić information content (AvgIpc) is 2.78. The van der Waals surface area contributed by atoms with E-state index in [1.165, 1.54) is 12.0 Å². The fraction of sp³-hybridized carbons (Fsp3) is 0.625. The highest BCUT2D eigenvalue weighted by molar-refractivity contribution is 7.80. The van der Waals surface area contributed by atoms with Crippen molar-refractivity contribution < 1.29 is 9.59 Å². The molecule has 2 N–H and O–H groups in total. The number of hydrogen-bond donors (Lipinski definition) is 2. The molecular formula is C24H33N3O2S. The smallest absolute Gasteiger partial charge is 0.233 e. The molecule has 3 fully saturated rings. The minimum Gasteiger partial charge on any atom is -0.359 e. The molecule has 2 aliphatic carbocycles. The van der Waals surface area contributed by atoms with Crippen LogP contribution in [0.25, 0.3) is 0 Å². The van der Waals surface area contributed by atoms with Crippen LogP contribution in [-0.4, -0.2) is 41.0 Å². The van der Waals surface area contributed by atoms with Crippen LogP contribution >= 0.6 is 12.2 Å². The van der Waals surface area contributed by atoms with Crippen LogP contribution in [0.1, 0.15) is 56.9 Å². The summed E-state index contributed by atoms with van der Waals surface area (Å²) in [6.07, 6.45) is 8.98. The molecule has 0 radical (unpaired) electrons. The van der Waals surface area contributed by atoms with Gasteiger partial charge >= 0.3 is 0 Å². The lowest BCUT2D eigenvalue weighted by atomic mass is 9.80. The van der Waals surface area contributed by atoms with Crippen molar-refractivity contribution in [1.29, 1.82) is 0 Å². The summed E-state index contributed by atoms with van der Waals surface area (Å²) in [5.74, 6) is 1.03. The van der Waals surface area contributed by atoms with Crippen LogP contribution in [0.3, 0.4) is 0 Å². The monoisotopic (exact) mass is 427 g/mol. The van der Waals surface area contributed by atoms with Gasteiger partial charge in [0.25, 0.3) is 0 Å². The van der Waals surface area contributed by atoms with Crippen LogP contribution in [0.4, 0.5) is 0 Å². The Balaban J connectivity index is 1.21. The molecular weight excluding hydrogens is 394 g/mol. The first-order chi connectivity index (χ1) is 14.6. The number of carbonyl (C=O) groups excluding carboxylic acids is 2. The lowest BCUT2D eigenvalue weighted by Gasteiger charge is -2.43. The Labute approximate surface area is 185 Å². The van der Waals surface area contributed by atoms with Crippen molar-refractivity contribution in [3.8, 4) is 0 Å². The van der Waals surface area contributed by atoms with E-state index in [1.54, 1.807) is 0 Å². The third-order valence-electron chi connectivity index (χ3n) is 7.12. The second-order valence-corrected chi connectivity index (χ2v) is 9.53. The maximum atomic E-state index is 13.0. The highest BCUT2D eigenvalue weighted by Crippen LogP contribution is 2.33. The third-order valence-corrected chi connectivity index (χ3v) is 7.46. The molecule has 2 unspecified atom stereocenters. The minimum atomic E-state index is 0.0946. The first-order valence-corrected chi connectivity index (χ1v) is 12.0. The molecule has 3 aliphatic rings. The summed E-state index contributed by atoms with van der Waals surface area (Å²) in [6, 6.07) is 10.5. The molecule has 1 saturated heterocycles. The zero-order valence-electron chi connectivity index (χ0n) is 17.6. The molecule has 5 nitrogen and oxygen atoms in total. The van der Waals surface area contributed by atoms with Crippen molar-refractivity contribution in [2.24, 2.45) is 17.8 Å². The molecule has 2 amide bonds. The largest absolute Gasteiger partial charge is 0.359 e. The van der Waals surface area contributed by atoms with Crippen LogP contribution in [0.5, 0.6) is 0 Å². The first-order valence-electron chi connectivity index (χ1n) is 11.6. The van der Waals surface area contributed by atoms with Gasteiger partial charge in [-0.1, -0.05) is 43.2 Å². The fourth-order valence-corrected chi connectivity index (χ4v) is 5.61. The van der Waals surface area contributed by atoms with Gasteiger partial charge in [-0.2, -0.15) is 0 Å². The van der Waals surface area contributed by atoms with Crippen LogP contribution in [-0.2, 0) is 16.0 Å². The van der Waals surface area contributed by atoms with Crippen molar-refractivity contribution in [1.82, 2.24) is 15.5 Å². The molecule has 2 atom stereocenters. The van der Waals surface area contributed by atoms with Gasteiger partial charge in [-0.05, 0) is 68.6 Å². The summed E-state index contributed by atoms with van der Waals surface area (Å²) in [7, 11) is 0. The molecule has 1 heterocycles. The van der Waals surface area contributed by atoms with Gasteiger partial charge < -0.3 is 10.6 Å². The van der Waals surface area contributed by atoms with Gasteiger partial charge in [-0.3, -0.25) is 14.5 Å². The molecule has 1 aliphatic heterocycles. The van der Waals surface area contributed by atoms with Crippen molar-refractivity contribution in [3.63, 3.8) is 0 Å². The van der Waals surface area contributed by atoms with Gasteiger partial charge in [0, 0.05) is 25.0 Å². The third kappa shape index (κ3) is 5.02. The average molecular weight is 428 g/mol. The number of thiocarbonyl (C=S) groups is 1. The Morgan fingerprint density at radius 1 is 1.07 bits per heavy atom. The van der Waals surface area contributed by atoms with E-state index in [0.29, 0.717) is 24.1 Å². The van der Waals surface area contributed by atoms with E-state index in [2.05, 4.69) is 22.8 Å². The van der Waals surface area contributed by atoms with Gasteiger partial charge in [0.1, 0.15) is 0 Å². The van der Waals surface area contributed by atoms with E-state index < -0.39 is 0 Å². The Kier molecular flexibility index (Phi) is 7.03. The summed E-state index contributed by atoms with van der Waals surface area (Å²) in [6.45, 7) is 1.39. The maximum Gasteiger partial charge on any atom is 0.233 e. The van der Waals surface area contributed by atoms with E-state index in [9.17, 15) is 9.59 Å². The number of nitrogens with one attached hydrogen (secondary N) is 2. The number of amides is 2. The Morgan fingerprint density at radius 2 is 1.80 bits per heavy atom. The summed E-state index contributed by atoms with van der Waals surface area (Å²) in [4.78, 5) is 27.4. The van der Waals surface area contributed by atoms with E-state index in [1.807, 2.05) is 23.1 Å². The van der Waals surface area contributed by atoms with Crippen LogP contribution in [0.2, 0.25) is 0 Å². The quantitative estimate of drug-likeness (QED) is 0.683. The van der Waals surface area contributed by atoms with E-state index >= 15 is 0 Å². The normalized spacial score (nSPS) is 29.1. The molecule has 2 saturated carbocycles. The second-order valence-electron chi connectivity index (χ2n) is 9.14. The summed E-state index contributed by atoms with van der Waals surface area (Å²) in [5, 5.41) is 7.15. The minimum absolute atomic E-state index is 0.0946. The van der Waals surface area contributed by atoms with Gasteiger partial charge in [0.2, 0.25) is 11.8 Å². The van der Waals surface area contributed by atoms with E-state index in [4.69, 9.17) is 12.2 Å². The van der Waals surface area contributed by atoms with Crippen LogP contribution in [0.15, 0.2) is 30.3 Å². The van der Waals surface area contributed by atoms with Crippen molar-refractivity contribution in [2.45, 2.75) is 63.8 Å². The molecule has 1 aromatic rings. The molecule has 0 bridgehead atoms. The highest BCUT2D eigenvalue weighted by atomic mass is 32.1. The Morgan fingerprint density at radius 3 is 2.57 bits per heavy atom. The van der Waals surface area contributed by atoms with E-state index in [0.717, 1.165) is 51.4 Å².